The number of carbonyl (C=O) groups is 1. The maximum atomic E-state index is 13.0. The molecule has 94 valence electrons. The van der Waals surface area contributed by atoms with Gasteiger partial charge in [0, 0.05) is 29.5 Å². The van der Waals surface area contributed by atoms with E-state index < -0.39 is 16.4 Å². The van der Waals surface area contributed by atoms with E-state index in [0.29, 0.717) is 6.42 Å². The first-order valence-electron chi connectivity index (χ1n) is 5.04. The fourth-order valence-corrected chi connectivity index (χ4v) is 1.33. The Kier molecular flexibility index (Phi) is 4.77. The van der Waals surface area contributed by atoms with E-state index >= 15 is 0 Å². The molecule has 1 aromatic carbocycles. The number of nitro benzene ring substituents is 1. The average molecular weight is 252 g/mol. The number of Topliss-reactive ketones (excluding diaryl/α,β-unsaturated/α-hetero) is 1. The minimum Gasteiger partial charge on any atom is -0.294 e. The van der Waals surface area contributed by atoms with Crippen molar-refractivity contribution in [3.8, 4) is 0 Å². The van der Waals surface area contributed by atoms with E-state index in [-0.39, 0.29) is 24.3 Å². The first-order valence-corrected chi connectivity index (χ1v) is 5.04. The maximum absolute atomic E-state index is 13.0. The monoisotopic (exact) mass is 252 g/mol. The fraction of sp³-hybridized carbons (Fsp3) is 0.300. The Morgan fingerprint density at radius 2 is 2.28 bits per heavy atom. The summed E-state index contributed by atoms with van der Waals surface area (Å²) < 4.78 is 13.0. The quantitative estimate of drug-likeness (QED) is 0.147. The van der Waals surface area contributed by atoms with Crippen molar-refractivity contribution in [3.05, 3.63) is 50.1 Å². The van der Waals surface area contributed by atoms with Gasteiger partial charge >= 0.3 is 5.69 Å². The zero-order valence-electron chi connectivity index (χ0n) is 9.24. The van der Waals surface area contributed by atoms with E-state index in [1.165, 1.54) is 6.07 Å². The second kappa shape index (κ2) is 6.31. The SMILES string of the molecule is [N-]=[N+]=NCCCC(=O)c1ccc(F)c([N+](=O)[O-])c1. The highest BCUT2D eigenvalue weighted by atomic mass is 19.1. The highest BCUT2D eigenvalue weighted by molar-refractivity contribution is 5.96. The van der Waals surface area contributed by atoms with Crippen molar-refractivity contribution in [2.45, 2.75) is 12.8 Å². The molecule has 0 bridgehead atoms. The second-order valence-corrected chi connectivity index (χ2v) is 3.40. The lowest BCUT2D eigenvalue weighted by Crippen LogP contribution is -2.02. The molecule has 0 spiro atoms. The lowest BCUT2D eigenvalue weighted by atomic mass is 10.1. The van der Waals surface area contributed by atoms with Gasteiger partial charge in [0.25, 0.3) is 0 Å². The number of nitrogens with zero attached hydrogens (tertiary/aromatic N) is 4. The molecule has 7 nitrogen and oxygen atoms in total. The molecular formula is C10H9FN4O3. The van der Waals surface area contributed by atoms with Crippen LogP contribution in [0.1, 0.15) is 23.2 Å². The molecule has 0 amide bonds. The summed E-state index contributed by atoms with van der Waals surface area (Å²) in [5.74, 6) is -1.34. The van der Waals surface area contributed by atoms with Crippen molar-refractivity contribution in [1.82, 2.24) is 0 Å². The Bertz CT molecular complexity index is 526. The molecule has 0 aliphatic rings. The zero-order valence-corrected chi connectivity index (χ0v) is 9.24. The number of nitro groups is 1. The summed E-state index contributed by atoms with van der Waals surface area (Å²) >= 11 is 0. The van der Waals surface area contributed by atoms with Crippen LogP contribution < -0.4 is 0 Å². The Balaban J connectivity index is 2.77. The van der Waals surface area contributed by atoms with Gasteiger partial charge in [-0.05, 0) is 24.1 Å². The van der Waals surface area contributed by atoms with Crippen LogP contribution in [0.5, 0.6) is 0 Å². The van der Waals surface area contributed by atoms with Crippen LogP contribution in [0.15, 0.2) is 23.3 Å². The van der Waals surface area contributed by atoms with Gasteiger partial charge in [-0.25, -0.2) is 0 Å². The predicted molar refractivity (Wildman–Crippen MR) is 60.6 cm³/mol. The second-order valence-electron chi connectivity index (χ2n) is 3.40. The van der Waals surface area contributed by atoms with Crippen molar-refractivity contribution in [3.63, 3.8) is 0 Å². The van der Waals surface area contributed by atoms with E-state index in [0.717, 1.165) is 12.1 Å². The minimum atomic E-state index is -0.981. The molecule has 0 saturated heterocycles. The highest BCUT2D eigenvalue weighted by Crippen LogP contribution is 2.19. The number of hydrogen-bond donors (Lipinski definition) is 0. The van der Waals surface area contributed by atoms with Crippen LogP contribution in [0.2, 0.25) is 0 Å². The Morgan fingerprint density at radius 1 is 1.56 bits per heavy atom. The van der Waals surface area contributed by atoms with Crippen molar-refractivity contribution >= 4 is 11.5 Å². The molecule has 0 fully saturated rings. The van der Waals surface area contributed by atoms with Gasteiger partial charge in [-0.15, -0.1) is 0 Å². The Labute approximate surface area is 101 Å². The third-order valence-electron chi connectivity index (χ3n) is 2.19. The van der Waals surface area contributed by atoms with Gasteiger partial charge in [0.05, 0.1) is 4.92 Å². The molecule has 0 atom stereocenters. The van der Waals surface area contributed by atoms with Gasteiger partial charge in [-0.3, -0.25) is 14.9 Å². The van der Waals surface area contributed by atoms with Crippen LogP contribution in [0.25, 0.3) is 10.4 Å². The lowest BCUT2D eigenvalue weighted by Gasteiger charge is -2.00. The molecule has 1 aromatic rings. The van der Waals surface area contributed by atoms with E-state index in [1.807, 2.05) is 0 Å². The van der Waals surface area contributed by atoms with Gasteiger partial charge in [0.1, 0.15) is 0 Å². The molecule has 0 aliphatic heterocycles. The van der Waals surface area contributed by atoms with Gasteiger partial charge in [-0.2, -0.15) is 4.39 Å². The Hall–Kier alpha value is -2.47. The van der Waals surface area contributed by atoms with Crippen LogP contribution in [0, 0.1) is 15.9 Å². The molecule has 0 radical (unpaired) electrons. The normalized spacial score (nSPS) is 9.61. The third kappa shape index (κ3) is 3.53. The van der Waals surface area contributed by atoms with Gasteiger partial charge in [-0.1, -0.05) is 5.11 Å². The number of benzene rings is 1. The summed E-state index contributed by atoms with van der Waals surface area (Å²) in [6.45, 7) is 0.172. The molecule has 0 saturated carbocycles. The van der Waals surface area contributed by atoms with Gasteiger partial charge in [0.15, 0.2) is 5.78 Å². The molecule has 0 unspecified atom stereocenters. The van der Waals surface area contributed by atoms with E-state index in [4.69, 9.17) is 5.53 Å². The summed E-state index contributed by atoms with van der Waals surface area (Å²) in [5.41, 5.74) is 7.38. The van der Waals surface area contributed by atoms with Crippen LogP contribution in [0.3, 0.4) is 0 Å². The molecule has 18 heavy (non-hydrogen) atoms. The Morgan fingerprint density at radius 3 is 2.89 bits per heavy atom. The number of rotatable bonds is 6. The first-order chi connectivity index (χ1) is 8.56. The summed E-state index contributed by atoms with van der Waals surface area (Å²) in [4.78, 5) is 23.8. The van der Waals surface area contributed by atoms with Crippen LogP contribution >= 0.6 is 0 Å². The molecule has 0 aromatic heterocycles. The average Bonchev–Trinajstić information content (AvgIpc) is 2.34. The first kappa shape index (κ1) is 13.6. The number of ketones is 1. The smallest absolute Gasteiger partial charge is 0.294 e. The number of carbonyl (C=O) groups excluding carboxylic acids is 1. The standard InChI is InChI=1S/C10H9FN4O3/c11-8-4-3-7(6-9(8)15(17)18)10(16)2-1-5-13-14-12/h3-4,6H,1-2,5H2. The molecule has 1 rings (SSSR count). The maximum Gasteiger partial charge on any atom is 0.305 e. The molecule has 0 N–H and O–H groups in total. The summed E-state index contributed by atoms with van der Waals surface area (Å²) in [5, 5.41) is 13.8. The zero-order chi connectivity index (χ0) is 13.5. The molecular weight excluding hydrogens is 243 g/mol. The molecule has 0 aliphatic carbocycles. The molecule has 0 heterocycles. The van der Waals surface area contributed by atoms with E-state index in [1.54, 1.807) is 0 Å². The summed E-state index contributed by atoms with van der Waals surface area (Å²) in [7, 11) is 0. The van der Waals surface area contributed by atoms with Crippen LogP contribution in [-0.2, 0) is 0 Å². The van der Waals surface area contributed by atoms with Crippen molar-refractivity contribution < 1.29 is 14.1 Å². The minimum absolute atomic E-state index is 0.0732. The van der Waals surface area contributed by atoms with E-state index in [9.17, 15) is 19.3 Å². The van der Waals surface area contributed by atoms with Crippen molar-refractivity contribution in [1.29, 1.82) is 0 Å². The van der Waals surface area contributed by atoms with Crippen LogP contribution in [-0.4, -0.2) is 17.3 Å². The van der Waals surface area contributed by atoms with Crippen molar-refractivity contribution in [2.24, 2.45) is 5.11 Å². The van der Waals surface area contributed by atoms with Crippen molar-refractivity contribution in [2.75, 3.05) is 6.54 Å². The van der Waals surface area contributed by atoms with E-state index in [2.05, 4.69) is 10.0 Å². The third-order valence-corrected chi connectivity index (χ3v) is 2.19. The molecule has 8 heteroatoms. The van der Waals surface area contributed by atoms with Crippen LogP contribution in [0.4, 0.5) is 10.1 Å². The number of hydrogen-bond acceptors (Lipinski definition) is 4. The highest BCUT2D eigenvalue weighted by Gasteiger charge is 2.17. The number of halogens is 1. The largest absolute Gasteiger partial charge is 0.305 e. The van der Waals surface area contributed by atoms with Gasteiger partial charge in [0.2, 0.25) is 5.82 Å². The number of azide groups is 1. The fourth-order valence-electron chi connectivity index (χ4n) is 1.33. The predicted octanol–water partition coefficient (Wildman–Crippen LogP) is 3.01. The topological polar surface area (TPSA) is 109 Å². The van der Waals surface area contributed by atoms with Gasteiger partial charge < -0.3 is 0 Å². The lowest BCUT2D eigenvalue weighted by molar-refractivity contribution is -0.387. The summed E-state index contributed by atoms with van der Waals surface area (Å²) in [6.07, 6.45) is 0.426. The summed E-state index contributed by atoms with van der Waals surface area (Å²) in [6, 6.07) is 2.99.